The van der Waals surface area contributed by atoms with E-state index in [1.54, 1.807) is 24.3 Å². The average molecular weight is 1150 g/mol. The van der Waals surface area contributed by atoms with Crippen molar-refractivity contribution in [2.24, 2.45) is 11.8 Å². The number of nitrogens with two attached hydrogens (primary N) is 1. The Morgan fingerprint density at radius 1 is 0.667 bits per heavy atom. The lowest BCUT2D eigenvalue weighted by atomic mass is 10.00. The summed E-state index contributed by atoms with van der Waals surface area (Å²) in [5.41, 5.74) is 11.4. The highest BCUT2D eigenvalue weighted by Crippen LogP contribution is 2.48. The number of nitrogen functional groups attached to an aromatic ring is 1. The molecule has 78 heavy (non-hydrogen) atoms. The number of likely N-dealkylation sites (tertiary alicyclic amines) is 2. The minimum absolute atomic E-state index is 0.109. The zero-order valence-electron chi connectivity index (χ0n) is 42.8. The first-order chi connectivity index (χ1) is 38.0. The zero-order chi connectivity index (χ0) is 54.1. The summed E-state index contributed by atoms with van der Waals surface area (Å²) < 4.78 is 36.2. The fraction of sp³-hybridized carbons (Fsp3) is 0.309. The molecule has 2 fully saturated rings. The van der Waals surface area contributed by atoms with Crippen LogP contribution in [0, 0.1) is 34.5 Å². The van der Waals surface area contributed by atoms with Gasteiger partial charge in [-0.25, -0.2) is 15.0 Å². The number of fused-ring (bicyclic) bond motifs is 4. The van der Waals surface area contributed by atoms with Crippen molar-refractivity contribution in [1.82, 2.24) is 29.7 Å². The molecular weight excluding hydrogens is 1090 g/mol. The number of ether oxygens (including phenoxy) is 6. The summed E-state index contributed by atoms with van der Waals surface area (Å²) >= 11 is 17.2. The van der Waals surface area contributed by atoms with Crippen molar-refractivity contribution in [3.8, 4) is 46.6 Å². The number of aromatic nitrogens is 4. The first-order valence-electron chi connectivity index (χ1n) is 25.0. The molecule has 2 unspecified atom stereocenters. The molecule has 402 valence electrons. The van der Waals surface area contributed by atoms with Gasteiger partial charge >= 0.3 is 0 Å². The van der Waals surface area contributed by atoms with E-state index in [0.717, 1.165) is 62.9 Å². The molecule has 4 aliphatic heterocycles. The standard InChI is InChI=1S/C27H25ClN6O3S.C15H9ClN4O2S2.C13H20N2O/c1-34-10-2-3-16(13-34)14-35-19-6-4-18(5-7-19)31-27-33-26-25(38-27)22(17(11-29)12-30-26)32-23-20(28)8-9-21-24(23)37-15-36-21;1-23-15-20-14-13(24-15)10(7(4-17)5-18-14)19-11-8(16)2-3-9-12(11)22-6-21-9;1-15-8-2-3-11(9-15)10-16-13-6-4-12(14)5-7-13/h4-9,12,16H,2-3,10,13-15H2,1H3,(H2,30,31,32,33);2-3,5H,6H2,1H3,(H,18,19);4-7,11H,2-3,8-10,14H2,1H3. The summed E-state index contributed by atoms with van der Waals surface area (Å²) in [4.78, 5) is 22.4. The van der Waals surface area contributed by atoms with Gasteiger partial charge in [-0.15, -0.1) is 11.3 Å². The maximum atomic E-state index is 9.76. The second-order valence-electron chi connectivity index (χ2n) is 18.8. The van der Waals surface area contributed by atoms with E-state index in [0.29, 0.717) is 95.2 Å². The molecule has 5 N–H and O–H groups in total. The van der Waals surface area contributed by atoms with E-state index < -0.39 is 0 Å². The normalized spacial score (nSPS) is 16.5. The Labute approximate surface area is 473 Å². The van der Waals surface area contributed by atoms with Gasteiger partial charge in [0.2, 0.25) is 13.6 Å². The van der Waals surface area contributed by atoms with Crippen LogP contribution in [0.4, 0.5) is 39.3 Å². The Hall–Kier alpha value is -7.21. The highest BCUT2D eigenvalue weighted by atomic mass is 35.5. The summed E-state index contributed by atoms with van der Waals surface area (Å²) in [5, 5.41) is 30.6. The Kier molecular flexibility index (Phi) is 17.4. The number of benzene rings is 4. The van der Waals surface area contributed by atoms with E-state index >= 15 is 0 Å². The number of thiazole rings is 2. The Morgan fingerprint density at radius 2 is 1.17 bits per heavy atom. The number of anilines is 7. The third-order valence-corrected chi connectivity index (χ3v) is 16.8. The van der Waals surface area contributed by atoms with Crippen LogP contribution in [0.3, 0.4) is 0 Å². The van der Waals surface area contributed by atoms with Crippen molar-refractivity contribution in [1.29, 1.82) is 10.5 Å². The number of piperidine rings is 2. The molecule has 0 spiro atoms. The number of thioether (sulfide) groups is 1. The SMILES string of the molecule is CN1CCCC(COc2ccc(N)cc2)C1.CN1CCCC(COc2ccc(Nc3nc4ncc(C#N)c(Nc5c(Cl)ccc6c5OCO6)c4s3)cc2)C1.CSc1nc2ncc(C#N)c(Nc3c(Cl)ccc4c3OCO4)c2s1. The van der Waals surface area contributed by atoms with Gasteiger partial charge in [0.1, 0.15) is 39.7 Å². The molecule has 4 aliphatic rings. The second kappa shape index (κ2) is 25.1. The van der Waals surface area contributed by atoms with Crippen LogP contribution in [-0.4, -0.2) is 103 Å². The van der Waals surface area contributed by atoms with Crippen molar-refractivity contribution in [3.05, 3.63) is 106 Å². The molecule has 4 aromatic carbocycles. The molecule has 18 nitrogen and oxygen atoms in total. The Bertz CT molecular complexity index is 3500. The minimum Gasteiger partial charge on any atom is -0.493 e. The zero-order valence-corrected chi connectivity index (χ0v) is 46.8. The van der Waals surface area contributed by atoms with Crippen molar-refractivity contribution in [2.45, 2.75) is 30.0 Å². The Balaban J connectivity index is 0.000000146. The van der Waals surface area contributed by atoms with Gasteiger partial charge < -0.3 is 59.9 Å². The predicted molar refractivity (Wildman–Crippen MR) is 310 cm³/mol. The van der Waals surface area contributed by atoms with Crippen LogP contribution in [0.5, 0.6) is 34.5 Å². The number of rotatable bonds is 13. The third-order valence-electron chi connectivity index (χ3n) is 13.1. The van der Waals surface area contributed by atoms with Crippen molar-refractivity contribution < 1.29 is 28.4 Å². The lowest BCUT2D eigenvalue weighted by molar-refractivity contribution is 0.150. The van der Waals surface area contributed by atoms with Crippen LogP contribution in [0.2, 0.25) is 10.0 Å². The number of nitrogens with one attached hydrogen (secondary N) is 3. The summed E-state index contributed by atoms with van der Waals surface area (Å²) in [7, 11) is 4.34. The van der Waals surface area contributed by atoms with Crippen LogP contribution in [0.15, 0.2) is 89.5 Å². The van der Waals surface area contributed by atoms with Crippen molar-refractivity contribution in [3.63, 3.8) is 0 Å². The van der Waals surface area contributed by atoms with Crippen LogP contribution in [-0.2, 0) is 0 Å². The summed E-state index contributed by atoms with van der Waals surface area (Å²) in [6, 6.07) is 26.8. The smallest absolute Gasteiger partial charge is 0.231 e. The molecular formula is C55H54Cl2N12O6S3. The highest BCUT2D eigenvalue weighted by molar-refractivity contribution is 8.00. The topological polar surface area (TPSA) is 223 Å². The molecule has 23 heteroatoms. The van der Waals surface area contributed by atoms with Gasteiger partial charge in [0.25, 0.3) is 0 Å². The average Bonchev–Trinajstić information content (AvgIpc) is 4.37. The summed E-state index contributed by atoms with van der Waals surface area (Å²) in [6.07, 6.45) is 9.94. The predicted octanol–water partition coefficient (Wildman–Crippen LogP) is 12.6. The first kappa shape index (κ1) is 54.2. The van der Waals surface area contributed by atoms with Gasteiger partial charge in [0.15, 0.2) is 43.8 Å². The lowest BCUT2D eigenvalue weighted by Gasteiger charge is -2.29. The first-order valence-corrected chi connectivity index (χ1v) is 28.6. The van der Waals surface area contributed by atoms with Crippen molar-refractivity contribution >= 4 is 118 Å². The van der Waals surface area contributed by atoms with E-state index in [1.165, 1.54) is 85.6 Å². The number of pyridine rings is 2. The quantitative estimate of drug-likeness (QED) is 0.0622. The molecule has 0 amide bonds. The Morgan fingerprint density at radius 3 is 1.67 bits per heavy atom. The fourth-order valence-electron chi connectivity index (χ4n) is 9.24. The van der Waals surface area contributed by atoms with Crippen LogP contribution in [0.25, 0.3) is 20.7 Å². The van der Waals surface area contributed by atoms with Crippen LogP contribution >= 0.6 is 57.6 Å². The monoisotopic (exact) mass is 1140 g/mol. The van der Waals surface area contributed by atoms with E-state index in [-0.39, 0.29) is 13.6 Å². The number of hydrogen-bond donors (Lipinski definition) is 4. The maximum Gasteiger partial charge on any atom is 0.231 e. The van der Waals surface area contributed by atoms with Gasteiger partial charge in [-0.3, -0.25) is 0 Å². The van der Waals surface area contributed by atoms with Crippen molar-refractivity contribution in [2.75, 3.05) is 95.0 Å². The van der Waals surface area contributed by atoms with E-state index in [1.807, 2.05) is 54.8 Å². The summed E-state index contributed by atoms with van der Waals surface area (Å²) in [6.45, 7) is 6.40. The molecule has 2 atom stereocenters. The summed E-state index contributed by atoms with van der Waals surface area (Å²) in [5.74, 6) is 5.23. The third kappa shape index (κ3) is 12.9. The van der Waals surface area contributed by atoms with Gasteiger partial charge in [0.05, 0.1) is 50.5 Å². The molecule has 0 aliphatic carbocycles. The number of nitrogens with zero attached hydrogens (tertiary/aromatic N) is 8. The van der Waals surface area contributed by atoms with Crippen LogP contribution < -0.4 is 50.1 Å². The minimum atomic E-state index is 0.109. The molecule has 4 aromatic heterocycles. The second-order valence-corrected chi connectivity index (χ2v) is 22.6. The molecule has 2 saturated heterocycles. The highest BCUT2D eigenvalue weighted by Gasteiger charge is 2.26. The fourth-order valence-corrected chi connectivity index (χ4v) is 12.1. The van der Waals surface area contributed by atoms with E-state index in [9.17, 15) is 10.5 Å². The van der Waals surface area contributed by atoms with Crippen LogP contribution in [0.1, 0.15) is 36.8 Å². The molecule has 8 heterocycles. The van der Waals surface area contributed by atoms with Gasteiger partial charge in [-0.05, 0) is 132 Å². The molecule has 12 rings (SSSR count). The molecule has 0 bridgehead atoms. The number of halogens is 2. The largest absolute Gasteiger partial charge is 0.493 e. The molecule has 0 radical (unpaired) electrons. The van der Waals surface area contributed by atoms with E-state index in [4.69, 9.17) is 57.4 Å². The van der Waals surface area contributed by atoms with Gasteiger partial charge in [-0.2, -0.15) is 15.5 Å². The van der Waals surface area contributed by atoms with Gasteiger partial charge in [0, 0.05) is 48.7 Å². The maximum absolute atomic E-state index is 9.76. The van der Waals surface area contributed by atoms with Gasteiger partial charge in [-0.1, -0.05) is 46.3 Å². The lowest BCUT2D eigenvalue weighted by Crippen LogP contribution is -2.34. The number of hydrogen-bond acceptors (Lipinski definition) is 21. The number of nitriles is 2. The molecule has 8 aromatic rings. The molecule has 0 saturated carbocycles. The van der Waals surface area contributed by atoms with E-state index in [2.05, 4.69) is 71.9 Å².